The average Bonchev–Trinajstić information content (AvgIpc) is 2.29. The minimum atomic E-state index is -1.11. The van der Waals surface area contributed by atoms with E-state index in [9.17, 15) is 14.7 Å². The SMILES string of the molecule is CCN(c1cc(C(N)=O)ccn1)C(C)(C)C(=O)O. The maximum absolute atomic E-state index is 11.3. The van der Waals surface area contributed by atoms with Crippen molar-refractivity contribution in [3.05, 3.63) is 23.9 Å². The topological polar surface area (TPSA) is 96.5 Å². The summed E-state index contributed by atoms with van der Waals surface area (Å²) in [4.78, 5) is 28.1. The lowest BCUT2D eigenvalue weighted by Crippen LogP contribution is -2.50. The van der Waals surface area contributed by atoms with Gasteiger partial charge in [-0.05, 0) is 32.9 Å². The number of aromatic nitrogens is 1. The standard InChI is InChI=1S/C12H17N3O3/c1-4-15(12(2,3)11(17)18)9-7-8(10(13)16)5-6-14-9/h5-7H,4H2,1-3H3,(H2,13,16)(H,17,18). The molecule has 1 heterocycles. The van der Waals surface area contributed by atoms with Crippen LogP contribution in [0.1, 0.15) is 31.1 Å². The zero-order valence-corrected chi connectivity index (χ0v) is 10.7. The van der Waals surface area contributed by atoms with Crippen molar-refractivity contribution in [1.29, 1.82) is 0 Å². The first-order valence-electron chi connectivity index (χ1n) is 5.57. The van der Waals surface area contributed by atoms with E-state index in [4.69, 9.17) is 5.73 Å². The Morgan fingerprint density at radius 1 is 1.50 bits per heavy atom. The molecule has 98 valence electrons. The van der Waals surface area contributed by atoms with E-state index in [1.54, 1.807) is 18.7 Å². The monoisotopic (exact) mass is 251 g/mol. The van der Waals surface area contributed by atoms with Crippen LogP contribution in [0.5, 0.6) is 0 Å². The van der Waals surface area contributed by atoms with E-state index in [0.717, 1.165) is 0 Å². The van der Waals surface area contributed by atoms with Gasteiger partial charge in [-0.1, -0.05) is 0 Å². The van der Waals surface area contributed by atoms with Crippen LogP contribution in [0.4, 0.5) is 5.82 Å². The van der Waals surface area contributed by atoms with E-state index >= 15 is 0 Å². The number of primary amides is 1. The summed E-state index contributed by atoms with van der Waals surface area (Å²) in [5.74, 6) is -1.11. The minimum Gasteiger partial charge on any atom is -0.480 e. The number of hydrogen-bond acceptors (Lipinski definition) is 4. The second kappa shape index (κ2) is 5.03. The molecule has 18 heavy (non-hydrogen) atoms. The molecule has 1 rings (SSSR count). The van der Waals surface area contributed by atoms with Gasteiger partial charge in [0.2, 0.25) is 5.91 Å². The molecule has 0 fully saturated rings. The molecule has 0 saturated carbocycles. The molecule has 1 amide bonds. The third kappa shape index (κ3) is 2.58. The number of aliphatic carboxylic acids is 1. The lowest BCUT2D eigenvalue weighted by atomic mass is 10.0. The molecule has 3 N–H and O–H groups in total. The fourth-order valence-corrected chi connectivity index (χ4v) is 1.68. The van der Waals surface area contributed by atoms with Crippen LogP contribution in [0.25, 0.3) is 0 Å². The number of amides is 1. The number of carboxylic acids is 1. The highest BCUT2D eigenvalue weighted by Crippen LogP contribution is 2.22. The molecule has 1 aromatic rings. The molecule has 6 heteroatoms. The van der Waals surface area contributed by atoms with Crippen molar-refractivity contribution >= 4 is 17.7 Å². The molecule has 0 aliphatic carbocycles. The van der Waals surface area contributed by atoms with Gasteiger partial charge in [-0.3, -0.25) is 4.79 Å². The molecule has 0 unspecified atom stereocenters. The highest BCUT2D eigenvalue weighted by Gasteiger charge is 2.34. The van der Waals surface area contributed by atoms with Gasteiger partial charge in [0.1, 0.15) is 11.4 Å². The summed E-state index contributed by atoms with van der Waals surface area (Å²) in [6, 6.07) is 2.99. The summed E-state index contributed by atoms with van der Waals surface area (Å²) in [6.07, 6.45) is 1.44. The Bertz CT molecular complexity index is 471. The highest BCUT2D eigenvalue weighted by atomic mass is 16.4. The van der Waals surface area contributed by atoms with Crippen LogP contribution in [0, 0.1) is 0 Å². The first-order chi connectivity index (χ1) is 8.30. The third-order valence-corrected chi connectivity index (χ3v) is 2.82. The molecule has 0 bridgehead atoms. The van der Waals surface area contributed by atoms with Crippen molar-refractivity contribution in [2.45, 2.75) is 26.3 Å². The first-order valence-corrected chi connectivity index (χ1v) is 5.57. The van der Waals surface area contributed by atoms with Gasteiger partial charge >= 0.3 is 5.97 Å². The highest BCUT2D eigenvalue weighted by molar-refractivity contribution is 5.93. The maximum atomic E-state index is 11.3. The average molecular weight is 251 g/mol. The maximum Gasteiger partial charge on any atom is 0.328 e. The largest absolute Gasteiger partial charge is 0.480 e. The number of anilines is 1. The predicted octanol–water partition coefficient (Wildman–Crippen LogP) is 0.870. The molecule has 0 radical (unpaired) electrons. The van der Waals surface area contributed by atoms with Crippen LogP contribution in [-0.2, 0) is 4.79 Å². The van der Waals surface area contributed by atoms with Crippen LogP contribution in [0.2, 0.25) is 0 Å². The third-order valence-electron chi connectivity index (χ3n) is 2.82. The van der Waals surface area contributed by atoms with Crippen molar-refractivity contribution in [3.8, 4) is 0 Å². The number of likely N-dealkylation sites (N-methyl/N-ethyl adjacent to an activating group) is 1. The molecule has 6 nitrogen and oxygen atoms in total. The Morgan fingerprint density at radius 2 is 2.11 bits per heavy atom. The quantitative estimate of drug-likeness (QED) is 0.809. The summed E-state index contributed by atoms with van der Waals surface area (Å²) < 4.78 is 0. The number of rotatable bonds is 5. The van der Waals surface area contributed by atoms with Gasteiger partial charge in [0.05, 0.1) is 0 Å². The number of carbonyl (C=O) groups is 2. The summed E-state index contributed by atoms with van der Waals surface area (Å²) in [5.41, 5.74) is 4.38. The molecule has 0 saturated heterocycles. The van der Waals surface area contributed by atoms with Crippen LogP contribution >= 0.6 is 0 Å². The molecule has 0 atom stereocenters. The molecule has 1 aromatic heterocycles. The molecule has 0 aromatic carbocycles. The summed E-state index contributed by atoms with van der Waals surface area (Å²) in [7, 11) is 0. The Balaban J connectivity index is 3.21. The molecular weight excluding hydrogens is 234 g/mol. The molecule has 0 aliphatic heterocycles. The fourth-order valence-electron chi connectivity index (χ4n) is 1.68. The second-order valence-electron chi connectivity index (χ2n) is 4.38. The van der Waals surface area contributed by atoms with Gasteiger partial charge < -0.3 is 15.7 Å². The number of hydrogen-bond donors (Lipinski definition) is 2. The van der Waals surface area contributed by atoms with Gasteiger partial charge in [-0.2, -0.15) is 0 Å². The van der Waals surface area contributed by atoms with E-state index in [2.05, 4.69) is 4.98 Å². The smallest absolute Gasteiger partial charge is 0.328 e. The minimum absolute atomic E-state index is 0.305. The van der Waals surface area contributed by atoms with Gasteiger partial charge in [-0.15, -0.1) is 0 Å². The van der Waals surface area contributed by atoms with E-state index in [0.29, 0.717) is 17.9 Å². The Labute approximate surface area is 105 Å². The first kappa shape index (κ1) is 14.0. The van der Waals surface area contributed by atoms with Crippen molar-refractivity contribution in [3.63, 3.8) is 0 Å². The van der Waals surface area contributed by atoms with Crippen LogP contribution in [0.15, 0.2) is 18.3 Å². The summed E-state index contributed by atoms with van der Waals surface area (Å²) >= 11 is 0. The van der Waals surface area contributed by atoms with E-state index < -0.39 is 17.4 Å². The fraction of sp³-hybridized carbons (Fsp3) is 0.417. The number of nitrogens with zero attached hydrogens (tertiary/aromatic N) is 2. The van der Waals surface area contributed by atoms with E-state index in [1.807, 2.05) is 6.92 Å². The zero-order valence-electron chi connectivity index (χ0n) is 10.7. The molecule has 0 spiro atoms. The van der Waals surface area contributed by atoms with Crippen molar-refractivity contribution < 1.29 is 14.7 Å². The Hall–Kier alpha value is -2.11. The van der Waals surface area contributed by atoms with Crippen LogP contribution < -0.4 is 10.6 Å². The number of carboxylic acid groups (broad SMARTS) is 1. The zero-order chi connectivity index (χ0) is 13.9. The Kier molecular flexibility index (Phi) is 3.90. The number of carbonyl (C=O) groups excluding carboxylic acids is 1. The number of pyridine rings is 1. The second-order valence-corrected chi connectivity index (χ2v) is 4.38. The van der Waals surface area contributed by atoms with Crippen molar-refractivity contribution in [2.75, 3.05) is 11.4 Å². The molecule has 0 aliphatic rings. The molecular formula is C12H17N3O3. The predicted molar refractivity (Wildman–Crippen MR) is 67.5 cm³/mol. The van der Waals surface area contributed by atoms with E-state index in [-0.39, 0.29) is 0 Å². The van der Waals surface area contributed by atoms with Crippen molar-refractivity contribution in [2.24, 2.45) is 5.73 Å². The van der Waals surface area contributed by atoms with Gasteiger partial charge in [0.25, 0.3) is 0 Å². The van der Waals surface area contributed by atoms with Crippen molar-refractivity contribution in [1.82, 2.24) is 4.98 Å². The lowest BCUT2D eigenvalue weighted by Gasteiger charge is -2.35. The lowest BCUT2D eigenvalue weighted by molar-refractivity contribution is -0.142. The van der Waals surface area contributed by atoms with Crippen LogP contribution in [-0.4, -0.2) is 34.1 Å². The summed E-state index contributed by atoms with van der Waals surface area (Å²) in [5, 5.41) is 9.22. The Morgan fingerprint density at radius 3 is 2.56 bits per heavy atom. The summed E-state index contributed by atoms with van der Waals surface area (Å²) in [6.45, 7) is 5.44. The van der Waals surface area contributed by atoms with E-state index in [1.165, 1.54) is 18.3 Å². The van der Waals surface area contributed by atoms with Gasteiger partial charge in [0, 0.05) is 18.3 Å². The van der Waals surface area contributed by atoms with Gasteiger partial charge in [0.15, 0.2) is 0 Å². The normalized spacial score (nSPS) is 11.1. The van der Waals surface area contributed by atoms with Gasteiger partial charge in [-0.25, -0.2) is 9.78 Å². The number of nitrogens with two attached hydrogens (primary N) is 1. The van der Waals surface area contributed by atoms with Crippen LogP contribution in [0.3, 0.4) is 0 Å².